The Bertz CT molecular complexity index is 481. The lowest BCUT2D eigenvalue weighted by molar-refractivity contribution is -0.135. The zero-order valence-electron chi connectivity index (χ0n) is 10.9. The molecule has 19 heavy (non-hydrogen) atoms. The van der Waals surface area contributed by atoms with Gasteiger partial charge in [0.1, 0.15) is 5.82 Å². The lowest BCUT2D eigenvalue weighted by Gasteiger charge is -2.33. The van der Waals surface area contributed by atoms with Crippen LogP contribution in [0.3, 0.4) is 0 Å². The van der Waals surface area contributed by atoms with E-state index < -0.39 is 5.41 Å². The molecule has 1 saturated heterocycles. The Morgan fingerprint density at radius 2 is 2.00 bits per heavy atom. The third kappa shape index (κ3) is 2.25. The Morgan fingerprint density at radius 1 is 1.32 bits per heavy atom. The first-order chi connectivity index (χ1) is 9.12. The largest absolute Gasteiger partial charge is 0.340 e. The minimum Gasteiger partial charge on any atom is -0.340 e. The van der Waals surface area contributed by atoms with Crippen molar-refractivity contribution in [3.63, 3.8) is 0 Å². The second-order valence-electron chi connectivity index (χ2n) is 5.74. The minimum atomic E-state index is -0.398. The van der Waals surface area contributed by atoms with Crippen LogP contribution in [-0.2, 0) is 10.2 Å². The summed E-state index contributed by atoms with van der Waals surface area (Å²) in [7, 11) is 0. The molecule has 1 aromatic rings. The first kappa shape index (κ1) is 12.6. The molecule has 2 fully saturated rings. The van der Waals surface area contributed by atoms with E-state index in [0.29, 0.717) is 6.54 Å². The fraction of sp³-hybridized carbons (Fsp3) is 0.533. The van der Waals surface area contributed by atoms with E-state index in [1.54, 1.807) is 12.1 Å². The van der Waals surface area contributed by atoms with E-state index in [2.05, 4.69) is 0 Å². The molecule has 1 unspecified atom stereocenters. The van der Waals surface area contributed by atoms with Crippen molar-refractivity contribution in [2.75, 3.05) is 13.1 Å². The third-order valence-electron chi connectivity index (χ3n) is 4.30. The molecular formula is C15H19FN2O. The number of piperidine rings is 1. The van der Waals surface area contributed by atoms with Gasteiger partial charge in [0, 0.05) is 19.1 Å². The van der Waals surface area contributed by atoms with Crippen LogP contribution >= 0.6 is 0 Å². The number of nitrogens with zero attached hydrogens (tertiary/aromatic N) is 1. The molecule has 1 atom stereocenters. The SMILES string of the molecule is NC1CCCN(C(=O)C2(c3ccc(F)cc3)CC2)C1. The van der Waals surface area contributed by atoms with Gasteiger partial charge in [0.2, 0.25) is 5.91 Å². The van der Waals surface area contributed by atoms with Crippen molar-refractivity contribution < 1.29 is 9.18 Å². The molecule has 1 aromatic carbocycles. The Hall–Kier alpha value is -1.42. The Labute approximate surface area is 112 Å². The number of halogens is 1. The monoisotopic (exact) mass is 262 g/mol. The number of nitrogens with two attached hydrogens (primary N) is 1. The molecule has 4 heteroatoms. The van der Waals surface area contributed by atoms with Crippen molar-refractivity contribution >= 4 is 5.91 Å². The van der Waals surface area contributed by atoms with E-state index in [-0.39, 0.29) is 17.8 Å². The van der Waals surface area contributed by atoms with Gasteiger partial charge >= 0.3 is 0 Å². The van der Waals surface area contributed by atoms with Crippen LogP contribution in [0.25, 0.3) is 0 Å². The van der Waals surface area contributed by atoms with Gasteiger partial charge in [-0.05, 0) is 43.4 Å². The molecular weight excluding hydrogens is 243 g/mol. The van der Waals surface area contributed by atoms with Crippen LogP contribution in [0.5, 0.6) is 0 Å². The van der Waals surface area contributed by atoms with E-state index in [1.807, 2.05) is 4.90 Å². The molecule has 1 amide bonds. The van der Waals surface area contributed by atoms with Crippen LogP contribution in [0.4, 0.5) is 4.39 Å². The number of carbonyl (C=O) groups excluding carboxylic acids is 1. The molecule has 0 bridgehead atoms. The van der Waals surface area contributed by atoms with E-state index in [4.69, 9.17) is 5.73 Å². The molecule has 1 aliphatic heterocycles. The van der Waals surface area contributed by atoms with Gasteiger partial charge in [0.05, 0.1) is 5.41 Å². The zero-order valence-corrected chi connectivity index (χ0v) is 10.9. The molecule has 0 radical (unpaired) electrons. The normalized spacial score (nSPS) is 25.2. The fourth-order valence-electron chi connectivity index (χ4n) is 3.02. The minimum absolute atomic E-state index is 0.0988. The highest BCUT2D eigenvalue weighted by Crippen LogP contribution is 2.49. The lowest BCUT2D eigenvalue weighted by atomic mass is 9.93. The van der Waals surface area contributed by atoms with Gasteiger partial charge < -0.3 is 10.6 Å². The van der Waals surface area contributed by atoms with Crippen LogP contribution in [0, 0.1) is 5.82 Å². The summed E-state index contributed by atoms with van der Waals surface area (Å²) in [5, 5.41) is 0. The molecule has 1 heterocycles. The zero-order chi connectivity index (χ0) is 13.5. The summed E-state index contributed by atoms with van der Waals surface area (Å²) >= 11 is 0. The van der Waals surface area contributed by atoms with Gasteiger partial charge in [-0.25, -0.2) is 4.39 Å². The molecule has 3 rings (SSSR count). The highest BCUT2D eigenvalue weighted by Gasteiger charge is 2.53. The number of hydrogen-bond donors (Lipinski definition) is 1. The molecule has 2 N–H and O–H groups in total. The number of carbonyl (C=O) groups is 1. The van der Waals surface area contributed by atoms with Crippen LogP contribution in [0.2, 0.25) is 0 Å². The average molecular weight is 262 g/mol. The predicted molar refractivity (Wildman–Crippen MR) is 71.1 cm³/mol. The van der Waals surface area contributed by atoms with Gasteiger partial charge in [-0.2, -0.15) is 0 Å². The molecule has 0 aromatic heterocycles. The first-order valence-corrected chi connectivity index (χ1v) is 6.93. The third-order valence-corrected chi connectivity index (χ3v) is 4.30. The van der Waals surface area contributed by atoms with Crippen LogP contribution < -0.4 is 5.73 Å². The summed E-state index contributed by atoms with van der Waals surface area (Å²) in [5.74, 6) is -0.0822. The number of benzene rings is 1. The van der Waals surface area contributed by atoms with Crippen molar-refractivity contribution in [1.29, 1.82) is 0 Å². The highest BCUT2D eigenvalue weighted by atomic mass is 19.1. The van der Waals surface area contributed by atoms with Crippen molar-refractivity contribution in [3.05, 3.63) is 35.6 Å². The summed E-state index contributed by atoms with van der Waals surface area (Å²) in [6, 6.07) is 6.45. The van der Waals surface area contributed by atoms with Crippen LogP contribution in [0.1, 0.15) is 31.2 Å². The summed E-state index contributed by atoms with van der Waals surface area (Å²) in [5.41, 5.74) is 6.49. The van der Waals surface area contributed by atoms with Crippen molar-refractivity contribution in [2.45, 2.75) is 37.1 Å². The van der Waals surface area contributed by atoms with Crippen LogP contribution in [-0.4, -0.2) is 29.9 Å². The number of likely N-dealkylation sites (tertiary alicyclic amines) is 1. The quantitative estimate of drug-likeness (QED) is 0.883. The summed E-state index contributed by atoms with van der Waals surface area (Å²) in [6.07, 6.45) is 3.70. The Balaban J connectivity index is 1.80. The Kier molecular flexibility index (Phi) is 3.05. The predicted octanol–water partition coefficient (Wildman–Crippen LogP) is 1.81. The van der Waals surface area contributed by atoms with E-state index in [9.17, 15) is 9.18 Å². The van der Waals surface area contributed by atoms with E-state index in [0.717, 1.165) is 37.8 Å². The summed E-state index contributed by atoms with van der Waals surface area (Å²) in [6.45, 7) is 1.46. The van der Waals surface area contributed by atoms with Crippen molar-refractivity contribution in [3.8, 4) is 0 Å². The van der Waals surface area contributed by atoms with Gasteiger partial charge in [0.15, 0.2) is 0 Å². The maximum atomic E-state index is 13.0. The molecule has 2 aliphatic rings. The molecule has 0 spiro atoms. The standard InChI is InChI=1S/C15H19FN2O/c16-12-5-3-11(4-6-12)15(7-8-15)14(19)18-9-1-2-13(17)10-18/h3-6,13H,1-2,7-10,17H2. The lowest BCUT2D eigenvalue weighted by Crippen LogP contribution is -2.49. The van der Waals surface area contributed by atoms with Gasteiger partial charge in [-0.1, -0.05) is 12.1 Å². The summed E-state index contributed by atoms with van der Waals surface area (Å²) in [4.78, 5) is 14.6. The van der Waals surface area contributed by atoms with Gasteiger partial charge in [0.25, 0.3) is 0 Å². The number of amides is 1. The highest BCUT2D eigenvalue weighted by molar-refractivity contribution is 5.91. The topological polar surface area (TPSA) is 46.3 Å². The maximum Gasteiger partial charge on any atom is 0.233 e. The molecule has 1 aliphatic carbocycles. The summed E-state index contributed by atoms with van der Waals surface area (Å²) < 4.78 is 13.0. The molecule has 102 valence electrons. The fourth-order valence-corrected chi connectivity index (χ4v) is 3.02. The maximum absolute atomic E-state index is 13.0. The Morgan fingerprint density at radius 3 is 2.58 bits per heavy atom. The average Bonchev–Trinajstić information content (AvgIpc) is 3.20. The smallest absolute Gasteiger partial charge is 0.233 e. The van der Waals surface area contributed by atoms with Crippen molar-refractivity contribution in [2.24, 2.45) is 5.73 Å². The van der Waals surface area contributed by atoms with E-state index in [1.165, 1.54) is 12.1 Å². The van der Waals surface area contributed by atoms with Crippen molar-refractivity contribution in [1.82, 2.24) is 4.90 Å². The number of rotatable bonds is 2. The van der Waals surface area contributed by atoms with Gasteiger partial charge in [-0.3, -0.25) is 4.79 Å². The van der Waals surface area contributed by atoms with E-state index >= 15 is 0 Å². The second-order valence-corrected chi connectivity index (χ2v) is 5.74. The second kappa shape index (κ2) is 4.60. The van der Waals surface area contributed by atoms with Crippen LogP contribution in [0.15, 0.2) is 24.3 Å². The first-order valence-electron chi connectivity index (χ1n) is 6.93. The molecule has 3 nitrogen and oxygen atoms in total. The van der Waals surface area contributed by atoms with Gasteiger partial charge in [-0.15, -0.1) is 0 Å². The number of hydrogen-bond acceptors (Lipinski definition) is 2. The molecule has 1 saturated carbocycles.